The number of carbonyl (C=O) groups is 1. The summed E-state index contributed by atoms with van der Waals surface area (Å²) in [4.78, 5) is 16.5. The third kappa shape index (κ3) is 2.92. The van der Waals surface area contributed by atoms with Crippen LogP contribution in [-0.2, 0) is 4.79 Å². The SMILES string of the molecule is COc1ccc(C2=NN(C(C)=O)C(c3ccc4ncccc4c3)C2)cc1. The molecular weight excluding hydrogens is 326 g/mol. The Morgan fingerprint density at radius 2 is 1.96 bits per heavy atom. The van der Waals surface area contributed by atoms with Gasteiger partial charge < -0.3 is 4.74 Å². The van der Waals surface area contributed by atoms with E-state index in [2.05, 4.69) is 16.2 Å². The van der Waals surface area contributed by atoms with Gasteiger partial charge in [-0.05, 0) is 53.6 Å². The molecule has 1 amide bonds. The Kier molecular flexibility index (Phi) is 4.13. The number of hydrazone groups is 1. The van der Waals surface area contributed by atoms with E-state index in [9.17, 15) is 4.79 Å². The van der Waals surface area contributed by atoms with Gasteiger partial charge in [-0.2, -0.15) is 5.10 Å². The Morgan fingerprint density at radius 1 is 1.15 bits per heavy atom. The average molecular weight is 345 g/mol. The molecule has 0 radical (unpaired) electrons. The summed E-state index contributed by atoms with van der Waals surface area (Å²) in [5.41, 5.74) is 3.91. The highest BCUT2D eigenvalue weighted by molar-refractivity contribution is 6.03. The zero-order valence-corrected chi connectivity index (χ0v) is 14.7. The third-order valence-electron chi connectivity index (χ3n) is 4.67. The molecule has 0 aliphatic carbocycles. The maximum Gasteiger partial charge on any atom is 0.240 e. The molecule has 0 saturated carbocycles. The summed E-state index contributed by atoms with van der Waals surface area (Å²) >= 11 is 0. The Morgan fingerprint density at radius 3 is 2.69 bits per heavy atom. The summed E-state index contributed by atoms with van der Waals surface area (Å²) in [6.45, 7) is 1.55. The Balaban J connectivity index is 1.68. The van der Waals surface area contributed by atoms with E-state index in [0.29, 0.717) is 6.42 Å². The standard InChI is InChI=1S/C21H19N3O2/c1-14(25)24-21(17-7-10-19-16(12-17)4-3-11-22-19)13-20(23-24)15-5-8-18(26-2)9-6-15/h3-12,21H,13H2,1-2H3. The summed E-state index contributed by atoms with van der Waals surface area (Å²) in [6, 6.07) is 17.7. The quantitative estimate of drug-likeness (QED) is 0.722. The molecule has 0 spiro atoms. The van der Waals surface area contributed by atoms with Crippen LogP contribution in [0.15, 0.2) is 65.9 Å². The molecule has 1 aliphatic rings. The van der Waals surface area contributed by atoms with E-state index in [1.807, 2.05) is 48.5 Å². The molecule has 1 unspecified atom stereocenters. The van der Waals surface area contributed by atoms with Gasteiger partial charge in [0.2, 0.25) is 5.91 Å². The second kappa shape index (κ2) is 6.59. The molecule has 130 valence electrons. The van der Waals surface area contributed by atoms with Crippen LogP contribution in [0.1, 0.15) is 30.5 Å². The molecule has 3 aromatic rings. The molecule has 0 bridgehead atoms. The van der Waals surface area contributed by atoms with E-state index >= 15 is 0 Å². The maximum atomic E-state index is 12.2. The van der Waals surface area contributed by atoms with E-state index in [-0.39, 0.29) is 11.9 Å². The van der Waals surface area contributed by atoms with Gasteiger partial charge in [0.1, 0.15) is 5.75 Å². The highest BCUT2D eigenvalue weighted by atomic mass is 16.5. The van der Waals surface area contributed by atoms with Crippen LogP contribution < -0.4 is 4.74 Å². The van der Waals surface area contributed by atoms with E-state index in [1.165, 1.54) is 0 Å². The number of nitrogens with zero attached hydrogens (tertiary/aromatic N) is 3. The molecule has 5 nitrogen and oxygen atoms in total. The molecular formula is C21H19N3O2. The maximum absolute atomic E-state index is 12.2. The summed E-state index contributed by atoms with van der Waals surface area (Å²) in [6.07, 6.45) is 2.46. The molecule has 2 heterocycles. The smallest absolute Gasteiger partial charge is 0.240 e. The second-order valence-corrected chi connectivity index (χ2v) is 6.31. The van der Waals surface area contributed by atoms with Crippen molar-refractivity contribution in [2.24, 2.45) is 5.10 Å². The minimum absolute atomic E-state index is 0.0650. The van der Waals surface area contributed by atoms with E-state index < -0.39 is 0 Å². The Bertz CT molecular complexity index is 996. The first-order chi connectivity index (χ1) is 12.7. The molecule has 1 aromatic heterocycles. The summed E-state index contributed by atoms with van der Waals surface area (Å²) in [5.74, 6) is 0.735. The number of fused-ring (bicyclic) bond motifs is 1. The molecule has 1 aliphatic heterocycles. The second-order valence-electron chi connectivity index (χ2n) is 6.31. The molecule has 1 atom stereocenters. The van der Waals surface area contributed by atoms with Gasteiger partial charge in [-0.1, -0.05) is 12.1 Å². The summed E-state index contributed by atoms with van der Waals surface area (Å²) in [5, 5.41) is 7.24. The van der Waals surface area contributed by atoms with Gasteiger partial charge in [-0.15, -0.1) is 0 Å². The van der Waals surface area contributed by atoms with Gasteiger partial charge in [0, 0.05) is 24.9 Å². The molecule has 4 rings (SSSR count). The molecule has 5 heteroatoms. The number of methoxy groups -OCH3 is 1. The van der Waals surface area contributed by atoms with Gasteiger partial charge in [0.25, 0.3) is 0 Å². The first-order valence-corrected chi connectivity index (χ1v) is 8.52. The molecule has 0 fully saturated rings. The van der Waals surface area contributed by atoms with Gasteiger partial charge in [0.05, 0.1) is 24.4 Å². The fourth-order valence-corrected chi connectivity index (χ4v) is 3.32. The van der Waals surface area contributed by atoms with Crippen LogP contribution in [-0.4, -0.2) is 28.7 Å². The highest BCUT2D eigenvalue weighted by Crippen LogP contribution is 2.34. The van der Waals surface area contributed by atoms with Crippen LogP contribution in [0.3, 0.4) is 0 Å². The monoisotopic (exact) mass is 345 g/mol. The van der Waals surface area contributed by atoms with Crippen molar-refractivity contribution in [2.45, 2.75) is 19.4 Å². The van der Waals surface area contributed by atoms with Crippen molar-refractivity contribution in [2.75, 3.05) is 7.11 Å². The largest absolute Gasteiger partial charge is 0.497 e. The number of ether oxygens (including phenoxy) is 1. The van der Waals surface area contributed by atoms with Crippen LogP contribution in [0, 0.1) is 0 Å². The van der Waals surface area contributed by atoms with Crippen molar-refractivity contribution < 1.29 is 9.53 Å². The van der Waals surface area contributed by atoms with Gasteiger partial charge in [0.15, 0.2) is 0 Å². The summed E-state index contributed by atoms with van der Waals surface area (Å²) in [7, 11) is 1.64. The first-order valence-electron chi connectivity index (χ1n) is 8.52. The fourth-order valence-electron chi connectivity index (χ4n) is 3.32. The minimum Gasteiger partial charge on any atom is -0.497 e. The van der Waals surface area contributed by atoms with E-state index in [4.69, 9.17) is 4.74 Å². The van der Waals surface area contributed by atoms with Crippen LogP contribution in [0.2, 0.25) is 0 Å². The van der Waals surface area contributed by atoms with Crippen molar-refractivity contribution in [1.29, 1.82) is 0 Å². The fraction of sp³-hybridized carbons (Fsp3) is 0.190. The zero-order valence-electron chi connectivity index (χ0n) is 14.7. The van der Waals surface area contributed by atoms with E-state index in [0.717, 1.165) is 33.5 Å². The molecule has 0 N–H and O–H groups in total. The van der Waals surface area contributed by atoms with Crippen molar-refractivity contribution in [3.63, 3.8) is 0 Å². The lowest BCUT2D eigenvalue weighted by atomic mass is 9.97. The van der Waals surface area contributed by atoms with Crippen molar-refractivity contribution >= 4 is 22.5 Å². The molecule has 0 saturated heterocycles. The number of amides is 1. The zero-order chi connectivity index (χ0) is 18.1. The number of rotatable bonds is 3. The number of hydrogen-bond acceptors (Lipinski definition) is 4. The lowest BCUT2D eigenvalue weighted by Crippen LogP contribution is -2.24. The number of pyridine rings is 1. The van der Waals surface area contributed by atoms with Crippen molar-refractivity contribution in [3.8, 4) is 5.75 Å². The third-order valence-corrected chi connectivity index (χ3v) is 4.67. The van der Waals surface area contributed by atoms with Crippen LogP contribution >= 0.6 is 0 Å². The lowest BCUT2D eigenvalue weighted by Gasteiger charge is -2.20. The van der Waals surface area contributed by atoms with Gasteiger partial charge in [-0.25, -0.2) is 5.01 Å². The Hall–Kier alpha value is -3.21. The number of benzene rings is 2. The Labute approximate surface area is 151 Å². The predicted molar refractivity (Wildman–Crippen MR) is 101 cm³/mol. The average Bonchev–Trinajstić information content (AvgIpc) is 3.13. The lowest BCUT2D eigenvalue weighted by molar-refractivity contribution is -0.130. The predicted octanol–water partition coefficient (Wildman–Crippen LogP) is 3.94. The number of carbonyl (C=O) groups excluding carboxylic acids is 1. The number of aromatic nitrogens is 1. The van der Waals surface area contributed by atoms with Crippen molar-refractivity contribution in [1.82, 2.24) is 9.99 Å². The topological polar surface area (TPSA) is 54.8 Å². The first kappa shape index (κ1) is 16.3. The van der Waals surface area contributed by atoms with Crippen molar-refractivity contribution in [3.05, 3.63) is 71.9 Å². The normalized spacial score (nSPS) is 16.6. The highest BCUT2D eigenvalue weighted by Gasteiger charge is 2.31. The minimum atomic E-state index is -0.103. The van der Waals surface area contributed by atoms with Crippen LogP contribution in [0.4, 0.5) is 0 Å². The molecule has 26 heavy (non-hydrogen) atoms. The van der Waals surface area contributed by atoms with Crippen LogP contribution in [0.25, 0.3) is 10.9 Å². The van der Waals surface area contributed by atoms with Gasteiger partial charge in [-0.3, -0.25) is 9.78 Å². The molecule has 2 aromatic carbocycles. The van der Waals surface area contributed by atoms with E-state index in [1.54, 1.807) is 25.2 Å². The summed E-state index contributed by atoms with van der Waals surface area (Å²) < 4.78 is 5.21. The number of hydrogen-bond donors (Lipinski definition) is 0. The van der Waals surface area contributed by atoms with Gasteiger partial charge >= 0.3 is 0 Å². The van der Waals surface area contributed by atoms with Crippen LogP contribution in [0.5, 0.6) is 5.75 Å².